The molecule has 31 heavy (non-hydrogen) atoms. The second-order valence-electron chi connectivity index (χ2n) is 7.10. The number of hydrogen-bond donors (Lipinski definition) is 1. The van der Waals surface area contributed by atoms with E-state index in [1.54, 1.807) is 0 Å². The van der Waals surface area contributed by atoms with Crippen LogP contribution in [-0.4, -0.2) is 16.9 Å². The largest absolute Gasteiger partial charge is 0.488 e. The van der Waals surface area contributed by atoms with E-state index in [-0.39, 0.29) is 0 Å². The van der Waals surface area contributed by atoms with Crippen LogP contribution >= 0.6 is 6.89 Å². The lowest BCUT2D eigenvalue weighted by Crippen LogP contribution is -2.29. The van der Waals surface area contributed by atoms with Crippen molar-refractivity contribution in [1.29, 1.82) is 0 Å². The average Bonchev–Trinajstić information content (AvgIpc) is 2.83. The van der Waals surface area contributed by atoms with Gasteiger partial charge in [0.1, 0.15) is 12.4 Å². The molecule has 0 aromatic heterocycles. The zero-order valence-electron chi connectivity index (χ0n) is 17.0. The summed E-state index contributed by atoms with van der Waals surface area (Å²) in [5.74, 6) is 1.23. The monoisotopic (exact) mass is 426 g/mol. The Morgan fingerprint density at radius 1 is 0.710 bits per heavy atom. The van der Waals surface area contributed by atoms with Crippen LogP contribution in [0.4, 0.5) is 0 Å². The molecule has 4 aromatic rings. The molecule has 4 aromatic carbocycles. The summed E-state index contributed by atoms with van der Waals surface area (Å²) >= 11 is 0. The number of carbonyl (C=O) groups is 1. The Balaban J connectivity index is 1.94. The molecule has 0 heterocycles. The molecule has 0 saturated heterocycles. The molecule has 0 aliphatic heterocycles. The van der Waals surface area contributed by atoms with Crippen LogP contribution in [0.1, 0.15) is 5.56 Å². The summed E-state index contributed by atoms with van der Waals surface area (Å²) in [5.41, 5.74) is 1.06. The molecule has 0 spiro atoms. The maximum Gasteiger partial charge on any atom is 0.329 e. The fraction of sp³-hybridized carbons (Fsp3) is 0.0370. The highest BCUT2D eigenvalue weighted by molar-refractivity contribution is 7.95. The van der Waals surface area contributed by atoms with Crippen molar-refractivity contribution in [3.63, 3.8) is 0 Å². The molecule has 0 fully saturated rings. The Morgan fingerprint density at radius 3 is 1.74 bits per heavy atom. The van der Waals surface area contributed by atoms with Crippen LogP contribution in [0.2, 0.25) is 0 Å². The topological polar surface area (TPSA) is 46.5 Å². The van der Waals surface area contributed by atoms with Gasteiger partial charge in [-0.15, -0.1) is 0 Å². The summed E-state index contributed by atoms with van der Waals surface area (Å²) < 4.78 is 6.27. The Kier molecular flexibility index (Phi) is 6.35. The summed E-state index contributed by atoms with van der Waals surface area (Å²) in [4.78, 5) is 12.2. The van der Waals surface area contributed by atoms with Gasteiger partial charge in [0.15, 0.2) is 0 Å². The van der Waals surface area contributed by atoms with Crippen molar-refractivity contribution >= 4 is 34.6 Å². The number of rotatable bonds is 7. The van der Waals surface area contributed by atoms with Gasteiger partial charge in [0, 0.05) is 11.1 Å². The molecule has 0 aliphatic rings. The summed E-state index contributed by atoms with van der Waals surface area (Å²) in [6, 6.07) is 37.5. The number of hydrogen-bond acceptors (Lipinski definition) is 2. The van der Waals surface area contributed by atoms with E-state index >= 15 is 0 Å². The molecular weight excluding hydrogens is 403 g/mol. The Bertz CT molecular complexity index is 1160. The zero-order valence-corrected chi connectivity index (χ0v) is 17.9. The minimum absolute atomic E-state index is 0.411. The third kappa shape index (κ3) is 4.47. The van der Waals surface area contributed by atoms with Crippen molar-refractivity contribution in [2.45, 2.75) is 6.61 Å². The second-order valence-corrected chi connectivity index (χ2v) is 10.3. The van der Waals surface area contributed by atoms with Crippen molar-refractivity contribution in [2.24, 2.45) is 0 Å². The number of para-hydroxylation sites is 1. The highest BCUT2D eigenvalue weighted by Gasteiger charge is 2.29. The van der Waals surface area contributed by atoms with Crippen LogP contribution in [0, 0.1) is 0 Å². The molecular formula is C27H23O3P. The minimum atomic E-state index is -2.62. The average molecular weight is 426 g/mol. The van der Waals surface area contributed by atoms with E-state index < -0.39 is 12.9 Å². The first-order valence-electron chi connectivity index (χ1n) is 10.1. The minimum Gasteiger partial charge on any atom is -0.488 e. The number of ether oxygens (including phenoxy) is 1. The summed E-state index contributed by atoms with van der Waals surface area (Å²) in [6.07, 6.45) is 0. The summed E-state index contributed by atoms with van der Waals surface area (Å²) in [7, 11) is 0. The number of carboxylic acids is 1. The normalized spacial score (nSPS) is 11.0. The molecule has 4 heteroatoms. The van der Waals surface area contributed by atoms with Crippen molar-refractivity contribution in [3.8, 4) is 5.75 Å². The van der Waals surface area contributed by atoms with Crippen molar-refractivity contribution in [2.75, 3.05) is 0 Å². The van der Waals surface area contributed by atoms with Gasteiger partial charge < -0.3 is 9.84 Å². The fourth-order valence-corrected chi connectivity index (χ4v) is 7.46. The number of carboxylic acid groups (broad SMARTS) is 1. The second kappa shape index (κ2) is 9.51. The van der Waals surface area contributed by atoms with Crippen molar-refractivity contribution < 1.29 is 14.6 Å². The smallest absolute Gasteiger partial charge is 0.329 e. The van der Waals surface area contributed by atoms with E-state index in [2.05, 4.69) is 0 Å². The van der Waals surface area contributed by atoms with Gasteiger partial charge in [-0.05, 0) is 29.1 Å². The van der Waals surface area contributed by atoms with Crippen LogP contribution in [0.3, 0.4) is 0 Å². The van der Waals surface area contributed by atoms with Crippen molar-refractivity contribution in [1.82, 2.24) is 0 Å². The lowest BCUT2D eigenvalue weighted by Gasteiger charge is -2.29. The third-order valence-electron chi connectivity index (χ3n) is 5.11. The van der Waals surface area contributed by atoms with Crippen LogP contribution in [0.15, 0.2) is 115 Å². The molecule has 0 unspecified atom stereocenters. The molecule has 0 bridgehead atoms. The van der Waals surface area contributed by atoms with E-state index in [1.807, 2.05) is 115 Å². The first-order chi connectivity index (χ1) is 15.2. The lowest BCUT2D eigenvalue weighted by atomic mass is 10.2. The molecule has 0 saturated carbocycles. The van der Waals surface area contributed by atoms with E-state index in [0.29, 0.717) is 12.4 Å². The van der Waals surface area contributed by atoms with Crippen LogP contribution in [0.25, 0.3) is 0 Å². The van der Waals surface area contributed by atoms with Gasteiger partial charge in [0.2, 0.25) is 0 Å². The lowest BCUT2D eigenvalue weighted by molar-refractivity contribution is -0.128. The standard InChI is InChI=1S/C27H23O3P/c28-27(29)21-31(23-14-6-2-7-15-23,24-16-8-3-9-17-24)26-19-11-10-18-25(26)30-20-22-12-4-1-5-13-22/h1-19,21H,20H2,(H,28,29). The van der Waals surface area contributed by atoms with Gasteiger partial charge in [0.05, 0.1) is 0 Å². The molecule has 0 atom stereocenters. The number of aliphatic carboxylic acids is 1. The first-order valence-corrected chi connectivity index (χ1v) is 11.9. The van der Waals surface area contributed by atoms with E-state index in [9.17, 15) is 9.90 Å². The molecule has 0 radical (unpaired) electrons. The highest BCUT2D eigenvalue weighted by Crippen LogP contribution is 2.46. The third-order valence-corrected chi connectivity index (χ3v) is 9.08. The highest BCUT2D eigenvalue weighted by atomic mass is 31.2. The maximum atomic E-state index is 12.2. The van der Waals surface area contributed by atoms with Gasteiger partial charge in [0.25, 0.3) is 0 Å². The zero-order chi connectivity index (χ0) is 21.5. The molecule has 1 N–H and O–H groups in total. The molecule has 154 valence electrons. The fourth-order valence-electron chi connectivity index (χ4n) is 3.74. The predicted molar refractivity (Wildman–Crippen MR) is 130 cm³/mol. The van der Waals surface area contributed by atoms with E-state index in [4.69, 9.17) is 4.74 Å². The molecule has 4 rings (SSSR count). The van der Waals surface area contributed by atoms with Crippen LogP contribution in [-0.2, 0) is 11.4 Å². The Hall–Kier alpha value is -3.55. The van der Waals surface area contributed by atoms with Gasteiger partial charge in [-0.2, -0.15) is 0 Å². The van der Waals surface area contributed by atoms with Crippen molar-refractivity contribution in [3.05, 3.63) is 121 Å². The SMILES string of the molecule is O=C(O)C=P(c1ccccc1)(c1ccccc1)c1ccccc1OCc1ccccc1. The predicted octanol–water partition coefficient (Wildman–Crippen LogP) is 4.45. The maximum absolute atomic E-state index is 12.2. The van der Waals surface area contributed by atoms with Crippen LogP contribution < -0.4 is 20.7 Å². The Labute approximate surface area is 182 Å². The van der Waals surface area contributed by atoms with Crippen LogP contribution in [0.5, 0.6) is 5.75 Å². The first kappa shape index (κ1) is 20.7. The summed E-state index contributed by atoms with van der Waals surface area (Å²) in [5, 5.41) is 12.8. The number of benzene rings is 4. The van der Waals surface area contributed by atoms with Gasteiger partial charge >= 0.3 is 5.97 Å². The molecule has 0 aliphatic carbocycles. The Morgan fingerprint density at radius 2 is 1.19 bits per heavy atom. The van der Waals surface area contributed by atoms with E-state index in [0.717, 1.165) is 21.5 Å². The summed E-state index contributed by atoms with van der Waals surface area (Å²) in [6.45, 7) is -2.21. The quantitative estimate of drug-likeness (QED) is 0.444. The van der Waals surface area contributed by atoms with E-state index in [1.165, 1.54) is 5.80 Å². The van der Waals surface area contributed by atoms with Gasteiger partial charge in [-0.25, -0.2) is 4.79 Å². The molecule has 3 nitrogen and oxygen atoms in total. The van der Waals surface area contributed by atoms with Gasteiger partial charge in [-0.3, -0.25) is 0 Å². The van der Waals surface area contributed by atoms with Gasteiger partial charge in [-0.1, -0.05) is 109 Å². The molecule has 0 amide bonds.